The highest BCUT2D eigenvalue weighted by atomic mass is 19.1. The lowest BCUT2D eigenvalue weighted by Gasteiger charge is -2.23. The van der Waals surface area contributed by atoms with Gasteiger partial charge in [-0.05, 0) is 60.4 Å². The van der Waals surface area contributed by atoms with Crippen LogP contribution in [0.4, 0.5) is 8.78 Å². The summed E-state index contributed by atoms with van der Waals surface area (Å²) in [4.78, 5) is 0. The van der Waals surface area contributed by atoms with Crippen molar-refractivity contribution in [3.63, 3.8) is 0 Å². The van der Waals surface area contributed by atoms with Crippen LogP contribution in [-0.4, -0.2) is 0 Å². The smallest absolute Gasteiger partial charge is 0.123 e. The third-order valence-electron chi connectivity index (χ3n) is 3.57. The third-order valence-corrected chi connectivity index (χ3v) is 3.57. The predicted molar refractivity (Wildman–Crippen MR) is 76.1 cm³/mol. The van der Waals surface area contributed by atoms with E-state index in [4.69, 9.17) is 11.5 Å². The van der Waals surface area contributed by atoms with Crippen molar-refractivity contribution >= 4 is 0 Å². The maximum Gasteiger partial charge on any atom is 0.123 e. The highest BCUT2D eigenvalue weighted by molar-refractivity contribution is 5.36. The molecule has 2 unspecified atom stereocenters. The summed E-state index contributed by atoms with van der Waals surface area (Å²) in [5.74, 6) is -0.602. The maximum atomic E-state index is 13.1. The molecule has 0 fully saturated rings. The average molecular weight is 276 g/mol. The number of hydrogen-bond acceptors (Lipinski definition) is 2. The summed E-state index contributed by atoms with van der Waals surface area (Å²) in [6.45, 7) is 3.59. The quantitative estimate of drug-likeness (QED) is 0.904. The highest BCUT2D eigenvalue weighted by Gasteiger charge is 2.20. The van der Waals surface area contributed by atoms with Crippen LogP contribution in [0.5, 0.6) is 0 Å². The molecule has 2 atom stereocenters. The van der Waals surface area contributed by atoms with Crippen LogP contribution in [0.1, 0.15) is 34.3 Å². The summed E-state index contributed by atoms with van der Waals surface area (Å²) < 4.78 is 26.3. The molecule has 0 saturated heterocycles. The average Bonchev–Trinajstić information content (AvgIpc) is 2.37. The van der Waals surface area contributed by atoms with Crippen molar-refractivity contribution in [2.45, 2.75) is 25.9 Å². The molecule has 0 heterocycles. The van der Waals surface area contributed by atoms with E-state index in [1.165, 1.54) is 24.3 Å². The molecule has 0 saturated carbocycles. The molecule has 0 aromatic heterocycles. The monoisotopic (exact) mass is 276 g/mol. The maximum absolute atomic E-state index is 13.1. The van der Waals surface area contributed by atoms with Gasteiger partial charge in [0, 0.05) is 12.1 Å². The van der Waals surface area contributed by atoms with Crippen molar-refractivity contribution in [2.75, 3.05) is 0 Å². The van der Waals surface area contributed by atoms with Crippen LogP contribution in [0.2, 0.25) is 0 Å². The first-order valence-corrected chi connectivity index (χ1v) is 6.43. The lowest BCUT2D eigenvalue weighted by molar-refractivity contribution is 0.561. The molecule has 2 aromatic carbocycles. The van der Waals surface area contributed by atoms with E-state index < -0.39 is 12.1 Å². The third kappa shape index (κ3) is 2.86. The molecule has 4 heteroatoms. The van der Waals surface area contributed by atoms with E-state index in [1.54, 1.807) is 26.0 Å². The van der Waals surface area contributed by atoms with Crippen LogP contribution in [-0.2, 0) is 0 Å². The normalized spacial score (nSPS) is 14.1. The number of aryl methyl sites for hydroxylation is 2. The molecule has 2 aromatic rings. The second kappa shape index (κ2) is 5.69. The summed E-state index contributed by atoms with van der Waals surface area (Å²) >= 11 is 0. The first-order valence-electron chi connectivity index (χ1n) is 6.43. The van der Waals surface area contributed by atoms with Gasteiger partial charge in [0.1, 0.15) is 11.6 Å². The van der Waals surface area contributed by atoms with Crippen LogP contribution >= 0.6 is 0 Å². The SMILES string of the molecule is Cc1cc(F)ccc1C(N)C(N)c1ccc(F)cc1C. The Morgan fingerprint density at radius 2 is 1.10 bits per heavy atom. The zero-order chi connectivity index (χ0) is 14.9. The minimum absolute atomic E-state index is 0.301. The molecule has 0 radical (unpaired) electrons. The zero-order valence-electron chi connectivity index (χ0n) is 11.5. The fourth-order valence-corrected chi connectivity index (χ4v) is 2.41. The Morgan fingerprint density at radius 3 is 1.40 bits per heavy atom. The topological polar surface area (TPSA) is 52.0 Å². The predicted octanol–water partition coefficient (Wildman–Crippen LogP) is 3.28. The summed E-state index contributed by atoms with van der Waals surface area (Å²) in [7, 11) is 0. The Bertz CT molecular complexity index is 570. The molecule has 2 rings (SSSR count). The van der Waals surface area contributed by atoms with Gasteiger partial charge in [-0.3, -0.25) is 0 Å². The lowest BCUT2D eigenvalue weighted by atomic mass is 9.90. The fraction of sp³-hybridized carbons (Fsp3) is 0.250. The summed E-state index contributed by atoms with van der Waals surface area (Å²) in [6, 6.07) is 7.94. The minimum Gasteiger partial charge on any atom is -0.322 e. The summed E-state index contributed by atoms with van der Waals surface area (Å²) in [5.41, 5.74) is 15.5. The first-order chi connectivity index (χ1) is 9.40. The molecule has 0 aliphatic heterocycles. The van der Waals surface area contributed by atoms with Crippen LogP contribution < -0.4 is 11.5 Å². The standard InChI is InChI=1S/C16H18F2N2/c1-9-7-11(17)3-5-13(9)15(19)16(20)14-6-4-12(18)8-10(14)2/h3-8,15-16H,19-20H2,1-2H3. The van der Waals surface area contributed by atoms with E-state index in [9.17, 15) is 8.78 Å². The Kier molecular flexibility index (Phi) is 4.16. The molecule has 106 valence electrons. The van der Waals surface area contributed by atoms with Gasteiger partial charge in [-0.15, -0.1) is 0 Å². The Morgan fingerprint density at radius 1 is 0.750 bits per heavy atom. The van der Waals surface area contributed by atoms with Gasteiger partial charge >= 0.3 is 0 Å². The molecule has 0 aliphatic rings. The molecule has 0 amide bonds. The second-order valence-corrected chi connectivity index (χ2v) is 5.05. The summed E-state index contributed by atoms with van der Waals surface area (Å²) in [5, 5.41) is 0. The molecule has 2 nitrogen and oxygen atoms in total. The van der Waals surface area contributed by atoms with Gasteiger partial charge in [0.15, 0.2) is 0 Å². The lowest BCUT2D eigenvalue weighted by Crippen LogP contribution is -2.27. The number of rotatable bonds is 3. The van der Waals surface area contributed by atoms with Gasteiger partial charge in [-0.25, -0.2) is 8.78 Å². The Labute approximate surface area is 117 Å². The van der Waals surface area contributed by atoms with Crippen molar-refractivity contribution in [3.8, 4) is 0 Å². The van der Waals surface area contributed by atoms with Crippen LogP contribution in [0.25, 0.3) is 0 Å². The van der Waals surface area contributed by atoms with Crippen molar-refractivity contribution < 1.29 is 8.78 Å². The molecule has 20 heavy (non-hydrogen) atoms. The van der Waals surface area contributed by atoms with Crippen molar-refractivity contribution in [1.29, 1.82) is 0 Å². The van der Waals surface area contributed by atoms with Gasteiger partial charge in [0.05, 0.1) is 0 Å². The molecular weight excluding hydrogens is 258 g/mol. The van der Waals surface area contributed by atoms with Crippen molar-refractivity contribution in [2.24, 2.45) is 11.5 Å². The van der Waals surface area contributed by atoms with Crippen LogP contribution in [0.15, 0.2) is 36.4 Å². The van der Waals surface area contributed by atoms with E-state index in [1.807, 2.05) is 0 Å². The number of hydrogen-bond donors (Lipinski definition) is 2. The van der Waals surface area contributed by atoms with E-state index in [-0.39, 0.29) is 11.6 Å². The fourth-order valence-electron chi connectivity index (χ4n) is 2.41. The molecule has 0 aliphatic carbocycles. The first kappa shape index (κ1) is 14.6. The number of halogens is 2. The largest absolute Gasteiger partial charge is 0.322 e. The highest BCUT2D eigenvalue weighted by Crippen LogP contribution is 2.29. The Balaban J connectivity index is 2.34. The molecule has 0 spiro atoms. The van der Waals surface area contributed by atoms with Crippen molar-refractivity contribution in [3.05, 3.63) is 70.3 Å². The van der Waals surface area contributed by atoms with E-state index in [0.29, 0.717) is 0 Å². The minimum atomic E-state index is -0.472. The Hall–Kier alpha value is -1.78. The van der Waals surface area contributed by atoms with Gasteiger partial charge in [0.2, 0.25) is 0 Å². The van der Waals surface area contributed by atoms with E-state index in [2.05, 4.69) is 0 Å². The molecule has 4 N–H and O–H groups in total. The van der Waals surface area contributed by atoms with Crippen molar-refractivity contribution in [1.82, 2.24) is 0 Å². The van der Waals surface area contributed by atoms with Gasteiger partial charge in [-0.2, -0.15) is 0 Å². The van der Waals surface area contributed by atoms with Gasteiger partial charge < -0.3 is 11.5 Å². The van der Waals surface area contributed by atoms with E-state index >= 15 is 0 Å². The van der Waals surface area contributed by atoms with Crippen LogP contribution in [0, 0.1) is 25.5 Å². The van der Waals surface area contributed by atoms with Gasteiger partial charge in [0.25, 0.3) is 0 Å². The molecular formula is C16H18F2N2. The zero-order valence-corrected chi connectivity index (χ0v) is 11.5. The second-order valence-electron chi connectivity index (χ2n) is 5.05. The van der Waals surface area contributed by atoms with Gasteiger partial charge in [-0.1, -0.05) is 12.1 Å². The molecule has 0 bridgehead atoms. The number of nitrogens with two attached hydrogens (primary N) is 2. The number of benzene rings is 2. The van der Waals surface area contributed by atoms with Crippen LogP contribution in [0.3, 0.4) is 0 Å². The van der Waals surface area contributed by atoms with E-state index in [0.717, 1.165) is 22.3 Å². The summed E-state index contributed by atoms with van der Waals surface area (Å²) in [6.07, 6.45) is 0.